The van der Waals surface area contributed by atoms with Gasteiger partial charge in [-0.25, -0.2) is 8.78 Å². The Morgan fingerprint density at radius 2 is 1.80 bits per heavy atom. The fraction of sp³-hybridized carbons (Fsp3) is 0.286. The van der Waals surface area contributed by atoms with Gasteiger partial charge in [0, 0.05) is 25.1 Å². The third-order valence-electron chi connectivity index (χ3n) is 6.26. The minimum absolute atomic E-state index is 0.126. The van der Waals surface area contributed by atoms with Gasteiger partial charge in [0.2, 0.25) is 5.91 Å². The molecule has 7 heteroatoms. The van der Waals surface area contributed by atoms with Crippen LogP contribution in [-0.4, -0.2) is 35.0 Å². The zero-order valence-electron chi connectivity index (χ0n) is 19.5. The highest BCUT2D eigenvalue weighted by Crippen LogP contribution is 2.38. The minimum atomic E-state index is -0.951. The maximum absolute atomic E-state index is 14.8. The molecule has 0 aliphatic carbocycles. The van der Waals surface area contributed by atoms with Crippen molar-refractivity contribution in [1.82, 2.24) is 4.90 Å². The smallest absolute Gasteiger partial charge is 0.307 e. The monoisotopic (exact) mass is 479 g/mol. The topological polar surface area (TPSA) is 66.8 Å². The van der Waals surface area contributed by atoms with Crippen LogP contribution in [0.1, 0.15) is 35.6 Å². The van der Waals surface area contributed by atoms with Gasteiger partial charge in [-0.1, -0.05) is 30.3 Å². The van der Waals surface area contributed by atoms with Crippen molar-refractivity contribution in [3.8, 4) is 16.9 Å². The summed E-state index contributed by atoms with van der Waals surface area (Å²) in [5.41, 5.74) is 3.70. The standard InChI is InChI=1S/C28H27F2NO4/c1-2-35-26-11-7-18(16-28(33)34)15-22(26)20-9-10-25(30)21-13-14-31(17-23(20)21)27(32)12-8-19-5-3-4-6-24(19)29/h3-7,9-11,15H,2,8,12-14,16-17H2,1H3,(H,33,34). The van der Waals surface area contributed by atoms with E-state index < -0.39 is 5.97 Å². The number of ether oxygens (including phenoxy) is 1. The quantitative estimate of drug-likeness (QED) is 0.484. The van der Waals surface area contributed by atoms with E-state index in [1.54, 1.807) is 47.4 Å². The Bertz CT molecular complexity index is 1260. The van der Waals surface area contributed by atoms with Crippen LogP contribution in [0.2, 0.25) is 0 Å². The van der Waals surface area contributed by atoms with Crippen molar-refractivity contribution >= 4 is 11.9 Å². The largest absolute Gasteiger partial charge is 0.493 e. The van der Waals surface area contributed by atoms with Gasteiger partial charge in [-0.15, -0.1) is 0 Å². The number of aliphatic carboxylic acids is 1. The van der Waals surface area contributed by atoms with Gasteiger partial charge in [0.15, 0.2) is 0 Å². The van der Waals surface area contributed by atoms with Gasteiger partial charge in [0.05, 0.1) is 13.0 Å². The molecule has 4 rings (SSSR count). The molecule has 182 valence electrons. The van der Waals surface area contributed by atoms with Crippen LogP contribution >= 0.6 is 0 Å². The molecule has 35 heavy (non-hydrogen) atoms. The number of carbonyl (C=O) groups is 2. The molecule has 0 fully saturated rings. The Balaban J connectivity index is 1.64. The Kier molecular flexibility index (Phi) is 7.44. The molecule has 1 N–H and O–H groups in total. The third kappa shape index (κ3) is 5.50. The SMILES string of the molecule is CCOc1ccc(CC(=O)O)cc1-c1ccc(F)c2c1CN(C(=O)CCc1ccccc1F)CC2. The molecule has 1 aliphatic rings. The Morgan fingerprint density at radius 3 is 2.54 bits per heavy atom. The van der Waals surface area contributed by atoms with Crippen molar-refractivity contribution < 1.29 is 28.2 Å². The van der Waals surface area contributed by atoms with Crippen LogP contribution in [0.4, 0.5) is 8.78 Å². The van der Waals surface area contributed by atoms with Gasteiger partial charge < -0.3 is 14.7 Å². The summed E-state index contributed by atoms with van der Waals surface area (Å²) in [5, 5.41) is 9.23. The first kappa shape index (κ1) is 24.4. The number of halogens is 2. The van der Waals surface area contributed by atoms with Gasteiger partial charge in [-0.3, -0.25) is 9.59 Å². The number of nitrogens with zero attached hydrogens (tertiary/aromatic N) is 1. The molecule has 1 amide bonds. The summed E-state index contributed by atoms with van der Waals surface area (Å²) in [6, 6.07) is 14.6. The van der Waals surface area contributed by atoms with E-state index in [2.05, 4.69) is 0 Å². The number of benzene rings is 3. The van der Waals surface area contributed by atoms with Gasteiger partial charge in [0.1, 0.15) is 17.4 Å². The van der Waals surface area contributed by atoms with Gasteiger partial charge in [0.25, 0.3) is 0 Å². The summed E-state index contributed by atoms with van der Waals surface area (Å²) in [5.74, 6) is -1.18. The van der Waals surface area contributed by atoms with Gasteiger partial charge >= 0.3 is 5.97 Å². The van der Waals surface area contributed by atoms with Crippen molar-refractivity contribution in [2.45, 2.75) is 39.2 Å². The lowest BCUT2D eigenvalue weighted by Gasteiger charge is -2.31. The first-order chi connectivity index (χ1) is 16.9. The van der Waals surface area contributed by atoms with Crippen LogP contribution in [0.15, 0.2) is 54.6 Å². The molecule has 0 unspecified atom stereocenters. The second kappa shape index (κ2) is 10.7. The fourth-order valence-corrected chi connectivity index (χ4v) is 4.55. The molecular formula is C28H27F2NO4. The molecule has 0 bridgehead atoms. The van der Waals surface area contributed by atoms with Crippen LogP contribution in [0.5, 0.6) is 5.75 Å². The molecule has 1 heterocycles. The van der Waals surface area contributed by atoms with E-state index in [0.717, 1.165) is 0 Å². The predicted molar refractivity (Wildman–Crippen MR) is 128 cm³/mol. The number of aryl methyl sites for hydroxylation is 1. The van der Waals surface area contributed by atoms with Crippen LogP contribution in [-0.2, 0) is 35.4 Å². The molecule has 0 saturated carbocycles. The summed E-state index contributed by atoms with van der Waals surface area (Å²) in [6.07, 6.45) is 0.651. The first-order valence-corrected chi connectivity index (χ1v) is 11.7. The highest BCUT2D eigenvalue weighted by Gasteiger charge is 2.26. The summed E-state index contributed by atoms with van der Waals surface area (Å²) in [7, 11) is 0. The molecule has 5 nitrogen and oxygen atoms in total. The van der Waals surface area contributed by atoms with E-state index in [1.165, 1.54) is 12.1 Å². The molecule has 0 atom stereocenters. The number of carboxylic acid groups (broad SMARTS) is 1. The van der Waals surface area contributed by atoms with Crippen molar-refractivity contribution in [2.75, 3.05) is 13.2 Å². The second-order valence-electron chi connectivity index (χ2n) is 8.54. The van der Waals surface area contributed by atoms with E-state index in [-0.39, 0.29) is 43.3 Å². The number of amides is 1. The van der Waals surface area contributed by atoms with Crippen LogP contribution in [0, 0.1) is 11.6 Å². The van der Waals surface area contributed by atoms with Crippen LogP contribution in [0.25, 0.3) is 11.1 Å². The maximum atomic E-state index is 14.8. The average Bonchev–Trinajstić information content (AvgIpc) is 2.84. The van der Waals surface area contributed by atoms with E-state index in [9.17, 15) is 23.5 Å². The van der Waals surface area contributed by atoms with E-state index in [0.29, 0.717) is 58.7 Å². The third-order valence-corrected chi connectivity index (χ3v) is 6.26. The lowest BCUT2D eigenvalue weighted by atomic mass is 9.89. The summed E-state index contributed by atoms with van der Waals surface area (Å²) in [4.78, 5) is 25.9. The summed E-state index contributed by atoms with van der Waals surface area (Å²) in [6.45, 7) is 2.86. The molecule has 0 radical (unpaired) electrons. The van der Waals surface area contributed by atoms with Gasteiger partial charge in [-0.2, -0.15) is 0 Å². The molecule has 1 aliphatic heterocycles. The van der Waals surface area contributed by atoms with E-state index in [4.69, 9.17) is 4.74 Å². The average molecular weight is 480 g/mol. The molecule has 3 aromatic carbocycles. The van der Waals surface area contributed by atoms with E-state index in [1.807, 2.05) is 6.92 Å². The number of hydrogen-bond donors (Lipinski definition) is 1. The second-order valence-corrected chi connectivity index (χ2v) is 8.54. The van der Waals surface area contributed by atoms with Crippen molar-refractivity contribution in [2.24, 2.45) is 0 Å². The normalized spacial score (nSPS) is 12.8. The zero-order valence-corrected chi connectivity index (χ0v) is 19.5. The first-order valence-electron chi connectivity index (χ1n) is 11.7. The van der Waals surface area contributed by atoms with Crippen LogP contribution in [0.3, 0.4) is 0 Å². The molecule has 0 spiro atoms. The highest BCUT2D eigenvalue weighted by atomic mass is 19.1. The fourth-order valence-electron chi connectivity index (χ4n) is 4.55. The Labute approximate surface area is 203 Å². The molecule has 0 aromatic heterocycles. The number of carboxylic acids is 1. The molecule has 3 aromatic rings. The number of hydrogen-bond acceptors (Lipinski definition) is 3. The number of carbonyl (C=O) groups excluding carboxylic acids is 1. The summed E-state index contributed by atoms with van der Waals surface area (Å²) >= 11 is 0. The lowest BCUT2D eigenvalue weighted by molar-refractivity contribution is -0.136. The Hall–Kier alpha value is -3.74. The van der Waals surface area contributed by atoms with Crippen molar-refractivity contribution in [3.63, 3.8) is 0 Å². The highest BCUT2D eigenvalue weighted by molar-refractivity contribution is 5.80. The zero-order chi connectivity index (χ0) is 24.9. The maximum Gasteiger partial charge on any atom is 0.307 e. The number of rotatable bonds is 8. The van der Waals surface area contributed by atoms with Crippen molar-refractivity contribution in [1.29, 1.82) is 0 Å². The molecular weight excluding hydrogens is 452 g/mol. The lowest BCUT2D eigenvalue weighted by Crippen LogP contribution is -2.36. The Morgan fingerprint density at radius 1 is 1.00 bits per heavy atom. The van der Waals surface area contributed by atoms with E-state index >= 15 is 0 Å². The van der Waals surface area contributed by atoms with Crippen LogP contribution < -0.4 is 4.74 Å². The molecule has 0 saturated heterocycles. The van der Waals surface area contributed by atoms with Crippen molar-refractivity contribution in [3.05, 3.63) is 88.5 Å². The minimum Gasteiger partial charge on any atom is -0.493 e. The summed E-state index contributed by atoms with van der Waals surface area (Å²) < 4.78 is 34.5. The van der Waals surface area contributed by atoms with Gasteiger partial charge in [-0.05, 0) is 71.8 Å². The predicted octanol–water partition coefficient (Wildman–Crippen LogP) is 5.18. The number of fused-ring (bicyclic) bond motifs is 1.